The molecule has 1 amide bonds. The van der Waals surface area contributed by atoms with Crippen molar-refractivity contribution in [2.45, 2.75) is 26.8 Å². The lowest BCUT2D eigenvalue weighted by atomic mass is 10.1. The summed E-state index contributed by atoms with van der Waals surface area (Å²) in [6.07, 6.45) is 0. The molecule has 1 unspecified atom stereocenters. The van der Waals surface area contributed by atoms with Crippen LogP contribution in [0.1, 0.15) is 30.3 Å². The number of aryl methyl sites for hydroxylation is 1. The summed E-state index contributed by atoms with van der Waals surface area (Å²) in [7, 11) is 0. The molecule has 0 aliphatic rings. The molecule has 1 aromatic rings. The molecule has 0 spiro atoms. The predicted octanol–water partition coefficient (Wildman–Crippen LogP) is 1.83. The number of hydrogen-bond donors (Lipinski definition) is 2. The highest BCUT2D eigenvalue weighted by molar-refractivity contribution is 7.10. The molecule has 3 N–H and O–H groups in total. The Kier molecular flexibility index (Phi) is 4.29. The van der Waals surface area contributed by atoms with Gasteiger partial charge in [0.1, 0.15) is 6.04 Å². The first kappa shape index (κ1) is 12.2. The molecular weight excluding hydrogens is 208 g/mol. The van der Waals surface area contributed by atoms with Gasteiger partial charge in [0.25, 0.3) is 0 Å². The highest BCUT2D eigenvalue weighted by Crippen LogP contribution is 2.23. The van der Waals surface area contributed by atoms with E-state index < -0.39 is 0 Å². The SMILES string of the molecule is Cc1ccsc1C(NCC(C)C)C(N)=O. The number of thiophene rings is 1. The van der Waals surface area contributed by atoms with Crippen LogP contribution < -0.4 is 11.1 Å². The highest BCUT2D eigenvalue weighted by Gasteiger charge is 2.20. The van der Waals surface area contributed by atoms with E-state index in [0.29, 0.717) is 5.92 Å². The molecule has 0 aliphatic carbocycles. The summed E-state index contributed by atoms with van der Waals surface area (Å²) in [6.45, 7) is 7.00. The molecule has 0 saturated carbocycles. The van der Waals surface area contributed by atoms with Gasteiger partial charge in [0, 0.05) is 4.88 Å². The average Bonchev–Trinajstić information content (AvgIpc) is 2.51. The van der Waals surface area contributed by atoms with Crippen molar-refractivity contribution in [1.29, 1.82) is 0 Å². The van der Waals surface area contributed by atoms with Gasteiger partial charge in [-0.15, -0.1) is 11.3 Å². The molecule has 4 heteroatoms. The Bertz CT molecular complexity index is 333. The minimum absolute atomic E-state index is 0.304. The first-order valence-corrected chi connectivity index (χ1v) is 5.97. The fourth-order valence-corrected chi connectivity index (χ4v) is 2.36. The van der Waals surface area contributed by atoms with Gasteiger partial charge in [-0.1, -0.05) is 13.8 Å². The van der Waals surface area contributed by atoms with E-state index in [9.17, 15) is 4.79 Å². The number of carbonyl (C=O) groups is 1. The first-order valence-electron chi connectivity index (χ1n) is 5.09. The molecular formula is C11H18N2OS. The van der Waals surface area contributed by atoms with Crippen LogP contribution in [0.3, 0.4) is 0 Å². The van der Waals surface area contributed by atoms with Gasteiger partial charge in [0.2, 0.25) is 5.91 Å². The first-order chi connectivity index (χ1) is 7.02. The van der Waals surface area contributed by atoms with E-state index in [0.717, 1.165) is 17.0 Å². The summed E-state index contributed by atoms with van der Waals surface area (Å²) in [6, 6.07) is 1.67. The molecule has 0 saturated heterocycles. The predicted molar refractivity (Wildman–Crippen MR) is 63.8 cm³/mol. The maximum atomic E-state index is 11.3. The van der Waals surface area contributed by atoms with Crippen molar-refractivity contribution >= 4 is 17.2 Å². The second-order valence-electron chi connectivity index (χ2n) is 4.11. The van der Waals surface area contributed by atoms with Crippen molar-refractivity contribution in [2.75, 3.05) is 6.54 Å². The van der Waals surface area contributed by atoms with E-state index in [2.05, 4.69) is 19.2 Å². The van der Waals surface area contributed by atoms with Gasteiger partial charge >= 0.3 is 0 Å². The van der Waals surface area contributed by atoms with Crippen LogP contribution in [0.5, 0.6) is 0 Å². The molecule has 15 heavy (non-hydrogen) atoms. The fourth-order valence-electron chi connectivity index (χ4n) is 1.36. The third kappa shape index (κ3) is 3.32. The lowest BCUT2D eigenvalue weighted by molar-refractivity contribution is -0.120. The lowest BCUT2D eigenvalue weighted by Crippen LogP contribution is -2.35. The van der Waals surface area contributed by atoms with Crippen molar-refractivity contribution in [3.63, 3.8) is 0 Å². The maximum Gasteiger partial charge on any atom is 0.240 e. The number of carbonyl (C=O) groups excluding carboxylic acids is 1. The highest BCUT2D eigenvalue weighted by atomic mass is 32.1. The Balaban J connectivity index is 2.75. The van der Waals surface area contributed by atoms with E-state index >= 15 is 0 Å². The number of nitrogens with two attached hydrogens (primary N) is 1. The molecule has 0 aliphatic heterocycles. The fraction of sp³-hybridized carbons (Fsp3) is 0.545. The zero-order valence-electron chi connectivity index (χ0n) is 9.41. The van der Waals surface area contributed by atoms with Gasteiger partial charge in [-0.2, -0.15) is 0 Å². The average molecular weight is 226 g/mol. The van der Waals surface area contributed by atoms with Crippen LogP contribution in [0, 0.1) is 12.8 Å². The van der Waals surface area contributed by atoms with Crippen LogP contribution in [0.15, 0.2) is 11.4 Å². The molecule has 84 valence electrons. The zero-order valence-corrected chi connectivity index (χ0v) is 10.2. The topological polar surface area (TPSA) is 55.1 Å². The summed E-state index contributed by atoms with van der Waals surface area (Å²) in [4.78, 5) is 12.4. The molecule has 3 nitrogen and oxygen atoms in total. The Labute approximate surface area is 94.7 Å². The smallest absolute Gasteiger partial charge is 0.240 e. The van der Waals surface area contributed by atoms with Crippen LogP contribution in [0.2, 0.25) is 0 Å². The number of primary amides is 1. The molecule has 1 aromatic heterocycles. The van der Waals surface area contributed by atoms with Crippen molar-refractivity contribution in [3.05, 3.63) is 21.9 Å². The molecule has 1 atom stereocenters. The Morgan fingerprint density at radius 3 is 2.67 bits per heavy atom. The number of amides is 1. The second-order valence-corrected chi connectivity index (χ2v) is 5.05. The normalized spacial score (nSPS) is 13.1. The third-order valence-corrected chi connectivity index (χ3v) is 3.26. The summed E-state index contributed by atoms with van der Waals surface area (Å²) in [5, 5.41) is 5.18. The van der Waals surface area contributed by atoms with Crippen LogP contribution in [0.4, 0.5) is 0 Å². The summed E-state index contributed by atoms with van der Waals surface area (Å²) < 4.78 is 0. The van der Waals surface area contributed by atoms with Crippen molar-refractivity contribution in [2.24, 2.45) is 11.7 Å². The van der Waals surface area contributed by atoms with Gasteiger partial charge < -0.3 is 11.1 Å². The van der Waals surface area contributed by atoms with E-state index in [1.54, 1.807) is 11.3 Å². The van der Waals surface area contributed by atoms with Crippen LogP contribution >= 0.6 is 11.3 Å². The van der Waals surface area contributed by atoms with Gasteiger partial charge in [-0.25, -0.2) is 0 Å². The van der Waals surface area contributed by atoms with E-state index in [1.807, 2.05) is 18.4 Å². The summed E-state index contributed by atoms with van der Waals surface area (Å²) in [5.74, 6) is 0.202. The lowest BCUT2D eigenvalue weighted by Gasteiger charge is -2.16. The van der Waals surface area contributed by atoms with E-state index in [-0.39, 0.29) is 11.9 Å². The summed E-state index contributed by atoms with van der Waals surface area (Å²) in [5.41, 5.74) is 6.51. The largest absolute Gasteiger partial charge is 0.368 e. The number of hydrogen-bond acceptors (Lipinski definition) is 3. The molecule has 1 heterocycles. The van der Waals surface area contributed by atoms with Crippen LogP contribution in [-0.4, -0.2) is 12.5 Å². The number of nitrogens with one attached hydrogen (secondary N) is 1. The van der Waals surface area contributed by atoms with Gasteiger partial charge in [0.05, 0.1) is 0 Å². The van der Waals surface area contributed by atoms with Gasteiger partial charge in [-0.3, -0.25) is 4.79 Å². The van der Waals surface area contributed by atoms with Crippen molar-refractivity contribution < 1.29 is 4.79 Å². The van der Waals surface area contributed by atoms with Crippen LogP contribution in [0.25, 0.3) is 0 Å². The Hall–Kier alpha value is -0.870. The minimum Gasteiger partial charge on any atom is -0.368 e. The third-order valence-electron chi connectivity index (χ3n) is 2.18. The molecule has 0 radical (unpaired) electrons. The van der Waals surface area contributed by atoms with Crippen molar-refractivity contribution in [3.8, 4) is 0 Å². The monoisotopic (exact) mass is 226 g/mol. The molecule has 0 bridgehead atoms. The Morgan fingerprint density at radius 2 is 2.27 bits per heavy atom. The quantitative estimate of drug-likeness (QED) is 0.804. The standard InChI is InChI=1S/C11H18N2OS/c1-7(2)6-13-9(11(12)14)10-8(3)4-5-15-10/h4-5,7,9,13H,6H2,1-3H3,(H2,12,14). The second kappa shape index (κ2) is 5.28. The number of rotatable bonds is 5. The Morgan fingerprint density at radius 1 is 1.60 bits per heavy atom. The maximum absolute atomic E-state index is 11.3. The van der Waals surface area contributed by atoms with Gasteiger partial charge in [0.15, 0.2) is 0 Å². The van der Waals surface area contributed by atoms with E-state index in [4.69, 9.17) is 5.73 Å². The minimum atomic E-state index is -0.340. The van der Waals surface area contributed by atoms with Crippen LogP contribution in [-0.2, 0) is 4.79 Å². The molecule has 0 aromatic carbocycles. The molecule has 0 fully saturated rings. The van der Waals surface area contributed by atoms with E-state index in [1.165, 1.54) is 0 Å². The summed E-state index contributed by atoms with van der Waals surface area (Å²) >= 11 is 1.57. The van der Waals surface area contributed by atoms with Gasteiger partial charge in [-0.05, 0) is 36.4 Å². The molecule has 1 rings (SSSR count). The zero-order chi connectivity index (χ0) is 11.4. The van der Waals surface area contributed by atoms with Crippen molar-refractivity contribution in [1.82, 2.24) is 5.32 Å².